The number of halogens is 1. The maximum Gasteiger partial charge on any atom is 0.220 e. The second kappa shape index (κ2) is 13.8. The average Bonchev–Trinajstić information content (AvgIpc) is 3.30. The molecule has 8 atom stereocenters. The van der Waals surface area contributed by atoms with Crippen LogP contribution in [0.25, 0.3) is 0 Å². The first-order valence-corrected chi connectivity index (χ1v) is 17.2. The highest BCUT2D eigenvalue weighted by Crippen LogP contribution is 2.68. The van der Waals surface area contributed by atoms with Crippen molar-refractivity contribution in [2.45, 2.75) is 111 Å². The number of rotatable bonds is 11. The molecule has 41 heavy (non-hydrogen) atoms. The fourth-order valence-corrected chi connectivity index (χ4v) is 10.8. The number of carbonyl (C=O) groups is 1. The van der Waals surface area contributed by atoms with Gasteiger partial charge >= 0.3 is 0 Å². The van der Waals surface area contributed by atoms with Crippen LogP contribution in [0.4, 0.5) is 0 Å². The van der Waals surface area contributed by atoms with Crippen molar-refractivity contribution < 1.29 is 26.3 Å². The van der Waals surface area contributed by atoms with Gasteiger partial charge in [0.05, 0.1) is 27.2 Å². The van der Waals surface area contributed by atoms with Crippen LogP contribution in [-0.2, 0) is 11.2 Å². The van der Waals surface area contributed by atoms with Crippen LogP contribution in [-0.4, -0.2) is 44.1 Å². The summed E-state index contributed by atoms with van der Waals surface area (Å²) in [5.41, 5.74) is 2.57. The molecular formula is C37H61BrN2O. The lowest BCUT2D eigenvalue weighted by atomic mass is 9.44. The van der Waals surface area contributed by atoms with Gasteiger partial charge in [-0.3, -0.25) is 4.79 Å². The zero-order valence-electron chi connectivity index (χ0n) is 27.1. The predicted molar refractivity (Wildman–Crippen MR) is 168 cm³/mol. The van der Waals surface area contributed by atoms with E-state index in [1.54, 1.807) is 0 Å². The predicted octanol–water partition coefficient (Wildman–Crippen LogP) is 5.28. The zero-order chi connectivity index (χ0) is 28.4. The lowest BCUT2D eigenvalue weighted by Crippen LogP contribution is -3.00. The molecular weight excluding hydrogens is 568 g/mol. The van der Waals surface area contributed by atoms with Gasteiger partial charge in [-0.1, -0.05) is 63.9 Å². The van der Waals surface area contributed by atoms with Crippen molar-refractivity contribution in [3.05, 3.63) is 35.9 Å². The van der Waals surface area contributed by atoms with Crippen LogP contribution in [0, 0.1) is 46.3 Å². The van der Waals surface area contributed by atoms with Gasteiger partial charge in [-0.25, -0.2) is 0 Å². The Hall–Kier alpha value is -0.870. The molecule has 4 unspecified atom stereocenters. The third-order valence-electron chi connectivity index (χ3n) is 13.3. The molecule has 0 saturated heterocycles. The Morgan fingerprint density at radius 1 is 0.927 bits per heavy atom. The molecule has 0 aliphatic heterocycles. The van der Waals surface area contributed by atoms with E-state index in [2.05, 4.69) is 70.5 Å². The fourth-order valence-electron chi connectivity index (χ4n) is 10.8. The maximum absolute atomic E-state index is 12.8. The Bertz CT molecular complexity index is 980. The number of likely N-dealkylation sites (N-methyl/N-ethyl adjacent to an activating group) is 1. The van der Waals surface area contributed by atoms with E-state index in [-0.39, 0.29) is 22.9 Å². The first-order chi connectivity index (χ1) is 19.1. The van der Waals surface area contributed by atoms with Crippen LogP contribution in [0.2, 0.25) is 0 Å². The summed E-state index contributed by atoms with van der Waals surface area (Å²) < 4.78 is 1.00. The highest BCUT2D eigenvalue weighted by Gasteiger charge is 2.60. The van der Waals surface area contributed by atoms with Crippen molar-refractivity contribution in [3.8, 4) is 0 Å². The van der Waals surface area contributed by atoms with Gasteiger partial charge < -0.3 is 26.8 Å². The Morgan fingerprint density at radius 3 is 2.46 bits per heavy atom. The number of hydrogen-bond acceptors (Lipinski definition) is 1. The molecule has 1 amide bonds. The zero-order valence-corrected chi connectivity index (χ0v) is 28.7. The van der Waals surface area contributed by atoms with Gasteiger partial charge in [0.15, 0.2) is 0 Å². The fraction of sp³-hybridized carbons (Fsp3) is 0.811. The number of benzene rings is 1. The Morgan fingerprint density at radius 2 is 1.68 bits per heavy atom. The van der Waals surface area contributed by atoms with Crippen LogP contribution in [0.5, 0.6) is 0 Å². The number of fused-ring (bicyclic) bond motifs is 5. The number of amides is 1. The molecule has 4 aliphatic carbocycles. The first kappa shape index (κ1) is 33.0. The van der Waals surface area contributed by atoms with Crippen LogP contribution < -0.4 is 22.3 Å². The van der Waals surface area contributed by atoms with Crippen LogP contribution >= 0.6 is 0 Å². The summed E-state index contributed by atoms with van der Waals surface area (Å²) in [6.07, 6.45) is 18.7. The second-order valence-electron chi connectivity index (χ2n) is 16.0. The number of nitrogens with zero attached hydrogens (tertiary/aromatic N) is 1. The average molecular weight is 630 g/mol. The number of quaternary nitrogens is 1. The summed E-state index contributed by atoms with van der Waals surface area (Å²) in [6.45, 7) is 10.9. The lowest BCUT2D eigenvalue weighted by Gasteiger charge is -2.61. The quantitative estimate of drug-likeness (QED) is 0.262. The molecule has 1 aromatic carbocycles. The van der Waals surface area contributed by atoms with Crippen LogP contribution in [0.15, 0.2) is 30.3 Å². The molecule has 5 rings (SSSR count). The largest absolute Gasteiger partial charge is 1.00 e. The third kappa shape index (κ3) is 7.27. The second-order valence-corrected chi connectivity index (χ2v) is 16.0. The van der Waals surface area contributed by atoms with Crippen molar-refractivity contribution in [1.82, 2.24) is 5.32 Å². The van der Waals surface area contributed by atoms with Gasteiger partial charge in [0.25, 0.3) is 0 Å². The number of hydrogen-bond donors (Lipinski definition) is 1. The van der Waals surface area contributed by atoms with Gasteiger partial charge in [0.1, 0.15) is 0 Å². The minimum atomic E-state index is 0. The minimum Gasteiger partial charge on any atom is -1.00 e. The highest BCUT2D eigenvalue weighted by molar-refractivity contribution is 5.75. The summed E-state index contributed by atoms with van der Waals surface area (Å²) in [6, 6.07) is 10.8. The topological polar surface area (TPSA) is 29.1 Å². The lowest BCUT2D eigenvalue weighted by molar-refractivity contribution is -0.890. The summed E-state index contributed by atoms with van der Waals surface area (Å²) in [7, 11) is 4.63. The minimum absolute atomic E-state index is 0. The van der Waals surface area contributed by atoms with Crippen molar-refractivity contribution >= 4 is 5.91 Å². The van der Waals surface area contributed by atoms with E-state index < -0.39 is 0 Å². The Kier molecular flexibility index (Phi) is 11.1. The van der Waals surface area contributed by atoms with E-state index >= 15 is 0 Å². The molecule has 4 heteroatoms. The van der Waals surface area contributed by atoms with Crippen LogP contribution in [0.1, 0.15) is 110 Å². The Balaban J connectivity index is 0.00000387. The molecule has 0 bridgehead atoms. The number of nitrogens with one attached hydrogen (secondary N) is 1. The van der Waals surface area contributed by atoms with E-state index in [0.717, 1.165) is 73.0 Å². The van der Waals surface area contributed by atoms with Gasteiger partial charge in [0.2, 0.25) is 5.91 Å². The molecule has 4 aliphatic rings. The van der Waals surface area contributed by atoms with E-state index in [4.69, 9.17) is 0 Å². The molecule has 1 N–H and O–H groups in total. The smallest absolute Gasteiger partial charge is 0.220 e. The van der Waals surface area contributed by atoms with Crippen molar-refractivity contribution in [3.63, 3.8) is 0 Å². The molecule has 0 spiro atoms. The maximum atomic E-state index is 12.8. The van der Waals surface area contributed by atoms with Gasteiger partial charge in [-0.15, -0.1) is 0 Å². The SMILES string of the molecule is C[C@H](CCC(=O)NCCC[N+](C)(C)CCc1ccccc1)[C@H]1CCC2C3CCC4CCCC[C@]4(C)C3CC[C@@]21C.[Br-]. The highest BCUT2D eigenvalue weighted by atomic mass is 79.9. The molecule has 0 radical (unpaired) electrons. The summed E-state index contributed by atoms with van der Waals surface area (Å²) in [5, 5.41) is 3.26. The van der Waals surface area contributed by atoms with Crippen molar-refractivity contribution in [1.29, 1.82) is 0 Å². The molecule has 4 saturated carbocycles. The molecule has 0 heterocycles. The molecule has 1 aromatic rings. The normalized spacial score (nSPS) is 35.4. The van der Waals surface area contributed by atoms with E-state index in [9.17, 15) is 4.79 Å². The van der Waals surface area contributed by atoms with Gasteiger partial charge in [0, 0.05) is 25.8 Å². The van der Waals surface area contributed by atoms with E-state index in [1.807, 2.05) is 0 Å². The number of carbonyl (C=O) groups excluding carboxylic acids is 1. The summed E-state index contributed by atoms with van der Waals surface area (Å²) >= 11 is 0. The molecule has 232 valence electrons. The van der Waals surface area contributed by atoms with E-state index in [1.165, 1.54) is 69.8 Å². The molecule has 3 nitrogen and oxygen atoms in total. The Labute approximate surface area is 263 Å². The molecule has 4 fully saturated rings. The van der Waals surface area contributed by atoms with E-state index in [0.29, 0.717) is 23.2 Å². The monoisotopic (exact) mass is 628 g/mol. The van der Waals surface area contributed by atoms with Gasteiger partial charge in [-0.2, -0.15) is 0 Å². The van der Waals surface area contributed by atoms with Crippen LogP contribution in [0.3, 0.4) is 0 Å². The third-order valence-corrected chi connectivity index (χ3v) is 13.3. The summed E-state index contributed by atoms with van der Waals surface area (Å²) in [4.78, 5) is 12.8. The summed E-state index contributed by atoms with van der Waals surface area (Å²) in [5.74, 6) is 5.67. The first-order valence-electron chi connectivity index (χ1n) is 17.2. The molecule has 0 aromatic heterocycles. The standard InChI is InChI=1S/C37H60N2O.BrH/c1-28(15-20-35(40)38-25-11-26-39(4,5)27-22-29-12-7-6-8-13-29)32-18-19-33-31-17-16-30-14-9-10-23-36(30,2)34(31)21-24-37(32,33)3;/h6-8,12-13,28,30-34H,9-11,14-27H2,1-5H3;1H/t28-,30?,31?,32-,33?,34?,36+,37-;/m1./s1. The van der Waals surface area contributed by atoms with Crippen molar-refractivity contribution in [2.24, 2.45) is 46.3 Å². The van der Waals surface area contributed by atoms with Crippen molar-refractivity contribution in [2.75, 3.05) is 33.7 Å². The van der Waals surface area contributed by atoms with Gasteiger partial charge in [-0.05, 0) is 110 Å².